The van der Waals surface area contributed by atoms with Gasteiger partial charge in [0.2, 0.25) is 5.91 Å². The lowest BCUT2D eigenvalue weighted by molar-refractivity contribution is -0.133. The third kappa shape index (κ3) is 4.41. The highest BCUT2D eigenvalue weighted by Crippen LogP contribution is 2.23. The quantitative estimate of drug-likeness (QED) is 0.854. The molecule has 0 radical (unpaired) electrons. The van der Waals surface area contributed by atoms with Crippen LogP contribution in [0.15, 0.2) is 0 Å². The maximum absolute atomic E-state index is 12.0. The number of rotatable bonds is 3. The first-order chi connectivity index (χ1) is 8.15. The zero-order chi connectivity index (χ0) is 12.3. The van der Waals surface area contributed by atoms with E-state index in [2.05, 4.69) is 6.92 Å². The second-order valence-corrected chi connectivity index (χ2v) is 5.40. The minimum atomic E-state index is 0. The summed E-state index contributed by atoms with van der Waals surface area (Å²) < 4.78 is 5.73. The Morgan fingerprint density at radius 2 is 1.94 bits per heavy atom. The third-order valence-electron chi connectivity index (χ3n) is 3.89. The molecule has 0 spiro atoms. The predicted molar refractivity (Wildman–Crippen MR) is 73.8 cm³/mol. The van der Waals surface area contributed by atoms with Crippen molar-refractivity contribution >= 4 is 18.3 Å². The molecule has 2 N–H and O–H groups in total. The fourth-order valence-corrected chi connectivity index (χ4v) is 2.69. The molecule has 0 aliphatic carbocycles. The first-order valence-electron chi connectivity index (χ1n) is 6.84. The van der Waals surface area contributed by atoms with E-state index in [1.165, 1.54) is 0 Å². The molecular weight excluding hydrogens is 252 g/mol. The van der Waals surface area contributed by atoms with Gasteiger partial charge in [0.1, 0.15) is 0 Å². The number of nitrogens with zero attached hydrogens (tertiary/aromatic N) is 1. The average Bonchev–Trinajstić information content (AvgIpc) is 2.73. The molecule has 2 saturated heterocycles. The van der Waals surface area contributed by atoms with Crippen LogP contribution in [0, 0.1) is 0 Å². The Bertz CT molecular complexity index is 268. The summed E-state index contributed by atoms with van der Waals surface area (Å²) in [5, 5.41) is 0. The lowest BCUT2D eigenvalue weighted by Crippen LogP contribution is -2.42. The Balaban J connectivity index is 0.00000162. The van der Waals surface area contributed by atoms with E-state index in [1.807, 2.05) is 4.90 Å². The summed E-state index contributed by atoms with van der Waals surface area (Å²) in [6, 6.07) is 0.290. The molecule has 2 atom stereocenters. The molecule has 0 saturated carbocycles. The van der Waals surface area contributed by atoms with Gasteiger partial charge in [-0.3, -0.25) is 4.79 Å². The van der Waals surface area contributed by atoms with E-state index in [4.69, 9.17) is 10.5 Å². The van der Waals surface area contributed by atoms with Gasteiger partial charge < -0.3 is 15.4 Å². The molecule has 2 fully saturated rings. The highest BCUT2D eigenvalue weighted by Gasteiger charge is 2.24. The standard InChI is InChI=1S/C13H24N2O2.ClH/c1-10-2-3-12(17-10)4-5-13(16)15-8-6-11(14)7-9-15;/h10-12H,2-9,14H2,1H3;1H. The van der Waals surface area contributed by atoms with Crippen LogP contribution in [0.4, 0.5) is 0 Å². The van der Waals surface area contributed by atoms with Crippen LogP contribution in [0.25, 0.3) is 0 Å². The van der Waals surface area contributed by atoms with E-state index in [9.17, 15) is 4.79 Å². The molecule has 4 nitrogen and oxygen atoms in total. The smallest absolute Gasteiger partial charge is 0.222 e. The summed E-state index contributed by atoms with van der Waals surface area (Å²) >= 11 is 0. The van der Waals surface area contributed by atoms with Crippen molar-refractivity contribution < 1.29 is 9.53 Å². The molecule has 0 aromatic heterocycles. The van der Waals surface area contributed by atoms with Crippen molar-refractivity contribution in [1.82, 2.24) is 4.90 Å². The molecule has 2 heterocycles. The summed E-state index contributed by atoms with van der Waals surface area (Å²) in [5.74, 6) is 0.278. The fraction of sp³-hybridized carbons (Fsp3) is 0.923. The summed E-state index contributed by atoms with van der Waals surface area (Å²) in [6.07, 6.45) is 6.34. The van der Waals surface area contributed by atoms with Gasteiger partial charge in [-0.25, -0.2) is 0 Å². The zero-order valence-electron chi connectivity index (χ0n) is 11.1. The summed E-state index contributed by atoms with van der Waals surface area (Å²) in [5.41, 5.74) is 5.83. The van der Waals surface area contributed by atoms with Crippen molar-refractivity contribution in [3.8, 4) is 0 Å². The Morgan fingerprint density at radius 1 is 1.28 bits per heavy atom. The van der Waals surface area contributed by atoms with Gasteiger partial charge >= 0.3 is 0 Å². The Kier molecular flexibility index (Phi) is 6.39. The fourth-order valence-electron chi connectivity index (χ4n) is 2.69. The molecule has 5 heteroatoms. The van der Waals surface area contributed by atoms with Gasteiger partial charge in [-0.2, -0.15) is 0 Å². The van der Waals surface area contributed by atoms with Gasteiger partial charge in [0.25, 0.3) is 0 Å². The molecule has 0 aromatic rings. The van der Waals surface area contributed by atoms with Crippen LogP contribution in [0.1, 0.15) is 45.4 Å². The molecule has 2 rings (SSSR count). The Morgan fingerprint density at radius 3 is 2.50 bits per heavy atom. The summed E-state index contributed by atoms with van der Waals surface area (Å²) in [7, 11) is 0. The second kappa shape index (κ2) is 7.31. The van der Waals surface area contributed by atoms with Crippen LogP contribution in [-0.4, -0.2) is 42.1 Å². The number of halogens is 1. The molecule has 2 aliphatic heterocycles. The van der Waals surface area contributed by atoms with Gasteiger partial charge in [-0.15, -0.1) is 12.4 Å². The van der Waals surface area contributed by atoms with Gasteiger partial charge in [-0.1, -0.05) is 0 Å². The first-order valence-corrected chi connectivity index (χ1v) is 6.84. The van der Waals surface area contributed by atoms with Crippen LogP contribution >= 0.6 is 12.4 Å². The van der Waals surface area contributed by atoms with Crippen molar-refractivity contribution in [2.75, 3.05) is 13.1 Å². The second-order valence-electron chi connectivity index (χ2n) is 5.40. The van der Waals surface area contributed by atoms with Gasteiger partial charge in [0, 0.05) is 25.6 Å². The van der Waals surface area contributed by atoms with E-state index >= 15 is 0 Å². The number of hydrogen-bond acceptors (Lipinski definition) is 3. The maximum Gasteiger partial charge on any atom is 0.222 e. The largest absolute Gasteiger partial charge is 0.375 e. The number of nitrogens with two attached hydrogens (primary N) is 1. The van der Waals surface area contributed by atoms with E-state index in [0.717, 1.165) is 45.2 Å². The zero-order valence-corrected chi connectivity index (χ0v) is 12.0. The van der Waals surface area contributed by atoms with E-state index in [-0.39, 0.29) is 24.4 Å². The lowest BCUT2D eigenvalue weighted by Gasteiger charge is -2.30. The number of likely N-dealkylation sites (tertiary alicyclic amines) is 1. The average molecular weight is 277 g/mol. The van der Waals surface area contributed by atoms with E-state index in [1.54, 1.807) is 0 Å². The van der Waals surface area contributed by atoms with Crippen molar-refractivity contribution in [3.63, 3.8) is 0 Å². The van der Waals surface area contributed by atoms with Gasteiger partial charge in [-0.05, 0) is 39.0 Å². The third-order valence-corrected chi connectivity index (χ3v) is 3.89. The van der Waals surface area contributed by atoms with Crippen LogP contribution < -0.4 is 5.73 Å². The van der Waals surface area contributed by atoms with Crippen molar-refractivity contribution in [3.05, 3.63) is 0 Å². The number of ether oxygens (including phenoxy) is 1. The Hall–Kier alpha value is -0.320. The summed E-state index contributed by atoms with van der Waals surface area (Å²) in [4.78, 5) is 13.9. The predicted octanol–water partition coefficient (Wildman–Crippen LogP) is 1.71. The van der Waals surface area contributed by atoms with Crippen molar-refractivity contribution in [1.29, 1.82) is 0 Å². The molecule has 1 amide bonds. The van der Waals surface area contributed by atoms with Gasteiger partial charge in [0.15, 0.2) is 0 Å². The summed E-state index contributed by atoms with van der Waals surface area (Å²) in [6.45, 7) is 3.78. The van der Waals surface area contributed by atoms with E-state index in [0.29, 0.717) is 18.6 Å². The Labute approximate surface area is 116 Å². The van der Waals surface area contributed by atoms with Gasteiger partial charge in [0.05, 0.1) is 12.2 Å². The highest BCUT2D eigenvalue weighted by atomic mass is 35.5. The molecule has 2 unspecified atom stereocenters. The lowest BCUT2D eigenvalue weighted by atomic mass is 10.0. The molecule has 2 aliphatic rings. The number of piperidine rings is 1. The molecule has 0 aromatic carbocycles. The van der Waals surface area contributed by atoms with E-state index < -0.39 is 0 Å². The minimum Gasteiger partial charge on any atom is -0.375 e. The minimum absolute atomic E-state index is 0. The number of carbonyl (C=O) groups excluding carboxylic acids is 1. The molecule has 106 valence electrons. The van der Waals surface area contributed by atoms with Crippen LogP contribution in [0.2, 0.25) is 0 Å². The van der Waals surface area contributed by atoms with Crippen LogP contribution in [-0.2, 0) is 9.53 Å². The molecule has 0 bridgehead atoms. The first kappa shape index (κ1) is 15.7. The molecular formula is C13H25ClN2O2. The SMILES string of the molecule is CC1CCC(CCC(=O)N2CCC(N)CC2)O1.Cl. The maximum atomic E-state index is 12.0. The number of amides is 1. The van der Waals surface area contributed by atoms with Crippen LogP contribution in [0.5, 0.6) is 0 Å². The number of hydrogen-bond donors (Lipinski definition) is 1. The topological polar surface area (TPSA) is 55.6 Å². The normalized spacial score (nSPS) is 29.1. The number of carbonyl (C=O) groups is 1. The monoisotopic (exact) mass is 276 g/mol. The van der Waals surface area contributed by atoms with Crippen molar-refractivity contribution in [2.45, 2.75) is 63.7 Å². The van der Waals surface area contributed by atoms with Crippen LogP contribution in [0.3, 0.4) is 0 Å². The van der Waals surface area contributed by atoms with Crippen molar-refractivity contribution in [2.24, 2.45) is 5.73 Å². The molecule has 18 heavy (non-hydrogen) atoms. The highest BCUT2D eigenvalue weighted by molar-refractivity contribution is 5.85.